The van der Waals surface area contributed by atoms with E-state index in [2.05, 4.69) is 4.98 Å². The van der Waals surface area contributed by atoms with E-state index in [4.69, 9.17) is 9.47 Å². The lowest BCUT2D eigenvalue weighted by atomic mass is 10.0. The summed E-state index contributed by atoms with van der Waals surface area (Å²) in [5.74, 6) is -2.58. The zero-order chi connectivity index (χ0) is 35.1. The maximum atomic E-state index is 14.5. The summed E-state index contributed by atoms with van der Waals surface area (Å²) in [6.45, 7) is 1.20. The molecule has 0 spiro atoms. The van der Waals surface area contributed by atoms with Gasteiger partial charge in [-0.2, -0.15) is 0 Å². The molecule has 1 aliphatic rings. The summed E-state index contributed by atoms with van der Waals surface area (Å²) >= 11 is 0. The molecule has 1 saturated heterocycles. The molecule has 0 radical (unpaired) electrons. The van der Waals surface area contributed by atoms with E-state index in [1.807, 2.05) is 0 Å². The maximum Gasteiger partial charge on any atom is 0.409 e. The van der Waals surface area contributed by atoms with Gasteiger partial charge in [0.25, 0.3) is 5.56 Å². The predicted molar refractivity (Wildman–Crippen MR) is 176 cm³/mol. The van der Waals surface area contributed by atoms with E-state index in [9.17, 15) is 32.3 Å². The summed E-state index contributed by atoms with van der Waals surface area (Å²) in [5.41, 5.74) is 0.770. The first-order valence-corrected chi connectivity index (χ1v) is 15.9. The molecular weight excluding hydrogens is 641 g/mol. The van der Waals surface area contributed by atoms with Gasteiger partial charge in [0.15, 0.2) is 11.9 Å². The first-order valence-electron chi connectivity index (χ1n) is 15.9. The number of halogens is 3. The average Bonchev–Trinajstić information content (AvgIpc) is 3.74. The van der Waals surface area contributed by atoms with E-state index in [0.29, 0.717) is 23.0 Å². The number of ketones is 1. The van der Waals surface area contributed by atoms with Gasteiger partial charge in [-0.1, -0.05) is 12.1 Å². The molecule has 1 N–H and O–H groups in total. The molecule has 2 amide bonds. The van der Waals surface area contributed by atoms with Crippen molar-refractivity contribution in [2.75, 3.05) is 27.2 Å². The number of carbonyl (C=O) groups excluding carboxylic acids is 3. The number of ether oxygens (including phenoxy) is 2. The second-order valence-electron chi connectivity index (χ2n) is 12.1. The molecule has 49 heavy (non-hydrogen) atoms. The van der Waals surface area contributed by atoms with Crippen molar-refractivity contribution in [3.8, 4) is 5.75 Å². The third-order valence-corrected chi connectivity index (χ3v) is 8.16. The highest BCUT2D eigenvalue weighted by atomic mass is 19.1. The average molecular weight is 679 g/mol. The maximum absolute atomic E-state index is 14.5. The Kier molecular flexibility index (Phi) is 11.2. The lowest BCUT2D eigenvalue weighted by molar-refractivity contribution is -0.127. The van der Waals surface area contributed by atoms with Gasteiger partial charge >= 0.3 is 6.09 Å². The number of aromatic nitrogens is 2. The van der Waals surface area contributed by atoms with Crippen LogP contribution in [0.15, 0.2) is 71.7 Å². The van der Waals surface area contributed by atoms with Crippen LogP contribution in [0.1, 0.15) is 42.5 Å². The molecular formula is C36H37F3N4O6. The number of hydrogen-bond acceptors (Lipinski definition) is 6. The van der Waals surface area contributed by atoms with Gasteiger partial charge in [0.2, 0.25) is 5.91 Å². The summed E-state index contributed by atoms with van der Waals surface area (Å²) in [6, 6.07) is 10.3. The zero-order valence-corrected chi connectivity index (χ0v) is 27.2. The molecule has 2 aromatic heterocycles. The molecule has 4 aromatic rings. The summed E-state index contributed by atoms with van der Waals surface area (Å²) in [7, 11) is 2.99. The van der Waals surface area contributed by atoms with Crippen LogP contribution in [-0.4, -0.2) is 70.4 Å². The summed E-state index contributed by atoms with van der Waals surface area (Å²) in [5, 5.41) is 0.450. The number of rotatable bonds is 13. The minimum atomic E-state index is -1.14. The van der Waals surface area contributed by atoms with Crippen LogP contribution in [0.3, 0.4) is 0 Å². The fraction of sp³-hybridized carbons (Fsp3) is 0.333. The number of fused-ring (bicyclic) bond motifs is 1. The number of Topliss-reactive ketones (excluding diaryl/α,β-unsaturated/α-hetero) is 1. The number of benzene rings is 2. The van der Waals surface area contributed by atoms with E-state index < -0.39 is 41.0 Å². The second kappa shape index (κ2) is 15.7. The Morgan fingerprint density at radius 1 is 1.00 bits per heavy atom. The highest BCUT2D eigenvalue weighted by molar-refractivity contribution is 5.88. The van der Waals surface area contributed by atoms with Crippen molar-refractivity contribution in [1.82, 2.24) is 19.4 Å². The van der Waals surface area contributed by atoms with Gasteiger partial charge in [0.1, 0.15) is 29.8 Å². The van der Waals surface area contributed by atoms with Crippen molar-refractivity contribution in [2.24, 2.45) is 0 Å². The number of amides is 2. The molecule has 10 nitrogen and oxygen atoms in total. The fourth-order valence-corrected chi connectivity index (χ4v) is 5.55. The van der Waals surface area contributed by atoms with Gasteiger partial charge in [0.05, 0.1) is 12.1 Å². The van der Waals surface area contributed by atoms with E-state index in [1.165, 1.54) is 47.8 Å². The Morgan fingerprint density at radius 3 is 2.51 bits per heavy atom. The van der Waals surface area contributed by atoms with Gasteiger partial charge in [-0.3, -0.25) is 14.4 Å². The minimum absolute atomic E-state index is 0.0398. The fourth-order valence-electron chi connectivity index (χ4n) is 5.55. The van der Waals surface area contributed by atoms with Crippen molar-refractivity contribution in [3.05, 3.63) is 112 Å². The van der Waals surface area contributed by atoms with Crippen LogP contribution in [0.25, 0.3) is 10.9 Å². The molecule has 1 atom stereocenters. The van der Waals surface area contributed by atoms with Crippen LogP contribution in [-0.2, 0) is 33.9 Å². The van der Waals surface area contributed by atoms with Crippen molar-refractivity contribution >= 4 is 28.7 Å². The van der Waals surface area contributed by atoms with Crippen LogP contribution in [0.2, 0.25) is 0 Å². The zero-order valence-electron chi connectivity index (χ0n) is 27.2. The summed E-state index contributed by atoms with van der Waals surface area (Å²) < 4.78 is 54.4. The second-order valence-corrected chi connectivity index (χ2v) is 12.1. The van der Waals surface area contributed by atoms with Crippen LogP contribution in [0.5, 0.6) is 5.75 Å². The molecule has 2 aromatic carbocycles. The highest BCUT2D eigenvalue weighted by Gasteiger charge is 2.25. The smallest absolute Gasteiger partial charge is 0.409 e. The summed E-state index contributed by atoms with van der Waals surface area (Å²) in [6.07, 6.45) is 4.91. The van der Waals surface area contributed by atoms with Gasteiger partial charge in [0, 0.05) is 74.1 Å². The van der Waals surface area contributed by atoms with E-state index in [-0.39, 0.29) is 48.8 Å². The standard InChI is InChI=1S/C36H37F3N4O6/c1-41(2)36(47)49-31(9-3-4-10-33(45)42-13-5-6-14-42)30(44)18-23-8-7-15-43(35(23)46)21-28-17-25-16-27(38)20-32(34(25)40-28)48-22-24-11-12-26(37)19-29(24)39/h4,7-8,10-12,15-17,19-20,31,40H,3,5-6,9,13-14,18,21-22H2,1-2H3/b10-4+/t31-/m0/s1. The molecule has 1 aliphatic heterocycles. The number of nitrogens with one attached hydrogen (secondary N) is 1. The quantitative estimate of drug-likeness (QED) is 0.187. The molecule has 5 rings (SSSR count). The Balaban J connectivity index is 1.28. The van der Waals surface area contributed by atoms with E-state index in [0.717, 1.165) is 44.1 Å². The highest BCUT2D eigenvalue weighted by Crippen LogP contribution is 2.29. The summed E-state index contributed by atoms with van der Waals surface area (Å²) in [4.78, 5) is 57.6. The van der Waals surface area contributed by atoms with Gasteiger partial charge in [-0.15, -0.1) is 0 Å². The van der Waals surface area contributed by atoms with Crippen LogP contribution in [0, 0.1) is 17.5 Å². The van der Waals surface area contributed by atoms with Crippen molar-refractivity contribution in [3.63, 3.8) is 0 Å². The third kappa shape index (κ3) is 8.98. The van der Waals surface area contributed by atoms with Crippen molar-refractivity contribution in [2.45, 2.75) is 51.4 Å². The molecule has 0 saturated carbocycles. The number of H-pyrrole nitrogens is 1. The van der Waals surface area contributed by atoms with Crippen LogP contribution < -0.4 is 10.3 Å². The molecule has 3 heterocycles. The normalized spacial score (nSPS) is 13.6. The molecule has 0 aliphatic carbocycles. The largest absolute Gasteiger partial charge is 0.486 e. The van der Waals surface area contributed by atoms with Crippen LogP contribution >= 0.6 is 0 Å². The van der Waals surface area contributed by atoms with Gasteiger partial charge in [-0.25, -0.2) is 18.0 Å². The number of allylic oxidation sites excluding steroid dienone is 1. The number of pyridine rings is 1. The Bertz CT molecular complexity index is 1930. The number of carbonyl (C=O) groups is 3. The molecule has 13 heteroatoms. The number of nitrogens with zero attached hydrogens (tertiary/aromatic N) is 3. The van der Waals surface area contributed by atoms with Crippen LogP contribution in [0.4, 0.5) is 18.0 Å². The topological polar surface area (TPSA) is 114 Å². The third-order valence-electron chi connectivity index (χ3n) is 8.16. The number of aromatic amines is 1. The molecule has 0 bridgehead atoms. The molecule has 258 valence electrons. The molecule has 1 fully saturated rings. The first-order chi connectivity index (χ1) is 23.5. The molecule has 0 unspecified atom stereocenters. The Hall–Kier alpha value is -5.33. The predicted octanol–water partition coefficient (Wildman–Crippen LogP) is 5.51. The van der Waals surface area contributed by atoms with Crippen molar-refractivity contribution < 1.29 is 37.0 Å². The monoisotopic (exact) mass is 678 g/mol. The first kappa shape index (κ1) is 35.0. The lowest BCUT2D eigenvalue weighted by Crippen LogP contribution is -2.35. The minimum Gasteiger partial charge on any atom is -0.486 e. The number of likely N-dealkylation sites (tertiary alicyclic amines) is 1. The van der Waals surface area contributed by atoms with Crippen molar-refractivity contribution in [1.29, 1.82) is 0 Å². The number of hydrogen-bond donors (Lipinski definition) is 1. The van der Waals surface area contributed by atoms with E-state index >= 15 is 0 Å². The Morgan fingerprint density at radius 2 is 1.78 bits per heavy atom. The SMILES string of the molecule is CN(C)C(=O)O[C@@H](CC/C=C/C(=O)N1CCCC1)C(=O)Cc1cccn(Cc2cc3cc(F)cc(OCc4ccc(F)cc4F)c3[nH]2)c1=O. The lowest BCUT2D eigenvalue weighted by Gasteiger charge is -2.19. The van der Waals surface area contributed by atoms with Gasteiger partial charge in [-0.05, 0) is 62.1 Å². The Labute approximate surface area is 280 Å². The van der Waals surface area contributed by atoms with Gasteiger partial charge < -0.3 is 28.8 Å². The van der Waals surface area contributed by atoms with E-state index in [1.54, 1.807) is 29.3 Å².